The van der Waals surface area contributed by atoms with Gasteiger partial charge in [-0.3, -0.25) is 4.90 Å². The second-order valence-electron chi connectivity index (χ2n) is 12.8. The number of carbonyl (C=O) groups is 2. The smallest absolute Gasteiger partial charge is 0.415 e. The minimum absolute atomic E-state index is 0.129. The number of thioether (sulfide) groups is 1. The number of piperidine rings is 1. The van der Waals surface area contributed by atoms with Crippen LogP contribution in [0, 0.1) is 0 Å². The maximum Gasteiger partial charge on any atom is 0.415 e. The first-order valence-corrected chi connectivity index (χ1v) is 15.2. The second-order valence-corrected chi connectivity index (χ2v) is 14.1. The highest BCUT2D eigenvalue weighted by atomic mass is 32.2. The third kappa shape index (κ3) is 8.15. The van der Waals surface area contributed by atoms with Gasteiger partial charge in [0.15, 0.2) is 5.65 Å². The number of ether oxygens (including phenoxy) is 2. The number of fused-ring (bicyclic) bond motifs is 1. The van der Waals surface area contributed by atoms with Crippen LogP contribution >= 0.6 is 11.8 Å². The Morgan fingerprint density at radius 3 is 2.39 bits per heavy atom. The molecule has 4 rings (SSSR count). The molecule has 10 heteroatoms. The van der Waals surface area contributed by atoms with Gasteiger partial charge in [-0.25, -0.2) is 19.1 Å². The molecule has 3 aromatic rings. The standard InChI is InChI=1S/C31H43N5O4S/c1-21(2)25-18-32-27-24(35(29(38)40-31(6,7)8)19-22-13-10-9-11-14-22)17-26(33-36(25)27)41-23-15-12-16-34(20-23)28(37)39-30(3,4)5/h9-11,13-14,17-18,21,23H,12,15-16,19-20H2,1-8H3. The van der Waals surface area contributed by atoms with E-state index in [2.05, 4.69) is 13.8 Å². The van der Waals surface area contributed by atoms with Crippen molar-refractivity contribution in [2.45, 2.75) is 102 Å². The van der Waals surface area contributed by atoms with Crippen LogP contribution in [0.3, 0.4) is 0 Å². The van der Waals surface area contributed by atoms with E-state index < -0.39 is 17.3 Å². The van der Waals surface area contributed by atoms with Gasteiger partial charge in [0.25, 0.3) is 0 Å². The van der Waals surface area contributed by atoms with Crippen LogP contribution in [-0.4, -0.2) is 61.2 Å². The molecule has 3 heterocycles. The molecule has 1 unspecified atom stereocenters. The molecule has 0 saturated carbocycles. The highest BCUT2D eigenvalue weighted by molar-refractivity contribution is 7.99. The van der Waals surface area contributed by atoms with Crippen LogP contribution in [-0.2, 0) is 16.0 Å². The summed E-state index contributed by atoms with van der Waals surface area (Å²) >= 11 is 1.62. The second kappa shape index (κ2) is 12.3. The summed E-state index contributed by atoms with van der Waals surface area (Å²) in [5.74, 6) is 0.173. The third-order valence-electron chi connectivity index (χ3n) is 6.45. The number of imidazole rings is 1. The van der Waals surface area contributed by atoms with E-state index in [0.717, 1.165) is 29.1 Å². The van der Waals surface area contributed by atoms with E-state index in [0.29, 0.717) is 31.0 Å². The molecular weight excluding hydrogens is 538 g/mol. The Hall–Kier alpha value is -3.27. The topological polar surface area (TPSA) is 89.3 Å². The molecule has 0 spiro atoms. The van der Waals surface area contributed by atoms with Gasteiger partial charge in [-0.05, 0) is 71.9 Å². The molecular formula is C31H43N5O4S. The summed E-state index contributed by atoms with van der Waals surface area (Å²) < 4.78 is 13.3. The molecule has 0 N–H and O–H groups in total. The fraction of sp³-hybridized carbons (Fsp3) is 0.548. The summed E-state index contributed by atoms with van der Waals surface area (Å²) in [6.45, 7) is 17.0. The van der Waals surface area contributed by atoms with Gasteiger partial charge >= 0.3 is 12.2 Å². The Balaban J connectivity index is 1.72. The molecule has 1 aliphatic heterocycles. The number of likely N-dealkylation sites (tertiary alicyclic amines) is 1. The number of anilines is 1. The fourth-order valence-electron chi connectivity index (χ4n) is 4.63. The molecule has 1 atom stereocenters. The maximum atomic E-state index is 13.7. The molecule has 2 amide bonds. The third-order valence-corrected chi connectivity index (χ3v) is 7.61. The van der Waals surface area contributed by atoms with E-state index in [1.54, 1.807) is 21.6 Å². The molecule has 9 nitrogen and oxygen atoms in total. The largest absolute Gasteiger partial charge is 0.444 e. The number of carbonyl (C=O) groups excluding carboxylic acids is 2. The number of amides is 2. The Labute approximate surface area is 247 Å². The van der Waals surface area contributed by atoms with Gasteiger partial charge in [0.1, 0.15) is 16.2 Å². The Morgan fingerprint density at radius 1 is 1.07 bits per heavy atom. The zero-order chi connectivity index (χ0) is 29.9. The molecule has 1 saturated heterocycles. The summed E-state index contributed by atoms with van der Waals surface area (Å²) in [5.41, 5.74) is 1.94. The van der Waals surface area contributed by atoms with Gasteiger partial charge in [0.05, 0.1) is 24.1 Å². The number of rotatable bonds is 6. The van der Waals surface area contributed by atoms with Crippen LogP contribution in [0.4, 0.5) is 15.3 Å². The van der Waals surface area contributed by atoms with E-state index in [1.807, 2.05) is 88.7 Å². The molecule has 2 aromatic heterocycles. The van der Waals surface area contributed by atoms with E-state index in [-0.39, 0.29) is 17.3 Å². The summed E-state index contributed by atoms with van der Waals surface area (Å²) in [7, 11) is 0. The van der Waals surface area contributed by atoms with Crippen molar-refractivity contribution >= 4 is 35.3 Å². The molecule has 1 aliphatic rings. The number of hydrogen-bond donors (Lipinski definition) is 0. The normalized spacial score (nSPS) is 16.2. The molecule has 1 aromatic carbocycles. The van der Waals surface area contributed by atoms with Crippen molar-refractivity contribution in [2.75, 3.05) is 18.0 Å². The van der Waals surface area contributed by atoms with Crippen LogP contribution in [0.25, 0.3) is 5.65 Å². The SMILES string of the molecule is CC(C)c1cnc2c(N(Cc3ccccc3)C(=O)OC(C)(C)C)cc(SC3CCCN(C(=O)OC(C)(C)C)C3)nn12. The van der Waals surface area contributed by atoms with Crippen molar-refractivity contribution < 1.29 is 19.1 Å². The van der Waals surface area contributed by atoms with Crippen molar-refractivity contribution in [3.8, 4) is 0 Å². The lowest BCUT2D eigenvalue weighted by Gasteiger charge is -2.33. The van der Waals surface area contributed by atoms with E-state index in [9.17, 15) is 9.59 Å². The van der Waals surface area contributed by atoms with E-state index in [4.69, 9.17) is 19.6 Å². The predicted molar refractivity (Wildman–Crippen MR) is 163 cm³/mol. The average molecular weight is 582 g/mol. The first-order chi connectivity index (χ1) is 19.2. The van der Waals surface area contributed by atoms with Crippen molar-refractivity contribution in [3.05, 3.63) is 53.9 Å². The van der Waals surface area contributed by atoms with Crippen LogP contribution in [0.5, 0.6) is 0 Å². The number of aromatic nitrogens is 3. The summed E-state index contributed by atoms with van der Waals surface area (Å²) in [6, 6.07) is 11.8. The Kier molecular flexibility index (Phi) is 9.21. The number of nitrogens with zero attached hydrogens (tertiary/aromatic N) is 5. The Bertz CT molecular complexity index is 1360. The van der Waals surface area contributed by atoms with E-state index in [1.165, 1.54) is 0 Å². The minimum Gasteiger partial charge on any atom is -0.444 e. The van der Waals surface area contributed by atoms with Crippen LogP contribution in [0.1, 0.15) is 85.4 Å². The summed E-state index contributed by atoms with van der Waals surface area (Å²) in [6.07, 6.45) is 2.91. The lowest BCUT2D eigenvalue weighted by molar-refractivity contribution is 0.0220. The fourth-order valence-corrected chi connectivity index (χ4v) is 5.81. The van der Waals surface area contributed by atoms with Crippen LogP contribution in [0.15, 0.2) is 47.6 Å². The quantitative estimate of drug-likeness (QED) is 0.302. The van der Waals surface area contributed by atoms with Crippen LogP contribution < -0.4 is 4.90 Å². The van der Waals surface area contributed by atoms with Crippen LogP contribution in [0.2, 0.25) is 0 Å². The highest BCUT2D eigenvalue weighted by Gasteiger charge is 2.31. The highest BCUT2D eigenvalue weighted by Crippen LogP contribution is 2.34. The zero-order valence-corrected chi connectivity index (χ0v) is 26.3. The molecule has 222 valence electrons. The molecule has 0 bridgehead atoms. The van der Waals surface area contributed by atoms with Crippen molar-refractivity contribution in [1.29, 1.82) is 0 Å². The number of hydrogen-bond acceptors (Lipinski definition) is 7. The summed E-state index contributed by atoms with van der Waals surface area (Å²) in [5, 5.41) is 5.85. The minimum atomic E-state index is -0.668. The monoisotopic (exact) mass is 581 g/mol. The molecule has 41 heavy (non-hydrogen) atoms. The average Bonchev–Trinajstić information content (AvgIpc) is 3.30. The van der Waals surface area contributed by atoms with Gasteiger partial charge < -0.3 is 14.4 Å². The van der Waals surface area contributed by atoms with Gasteiger partial charge in [0.2, 0.25) is 0 Å². The van der Waals surface area contributed by atoms with Gasteiger partial charge in [-0.2, -0.15) is 5.10 Å². The van der Waals surface area contributed by atoms with Gasteiger partial charge in [-0.1, -0.05) is 55.9 Å². The van der Waals surface area contributed by atoms with Gasteiger partial charge in [0, 0.05) is 18.3 Å². The first-order valence-electron chi connectivity index (χ1n) is 14.3. The summed E-state index contributed by atoms with van der Waals surface area (Å²) in [4.78, 5) is 34.6. The van der Waals surface area contributed by atoms with Gasteiger partial charge in [-0.15, -0.1) is 0 Å². The molecule has 0 aliphatic carbocycles. The molecule has 1 fully saturated rings. The first kappa shape index (κ1) is 30.7. The lowest BCUT2D eigenvalue weighted by Crippen LogP contribution is -2.43. The zero-order valence-electron chi connectivity index (χ0n) is 25.5. The Morgan fingerprint density at radius 2 is 1.76 bits per heavy atom. The molecule has 0 radical (unpaired) electrons. The van der Waals surface area contributed by atoms with Crippen molar-refractivity contribution in [3.63, 3.8) is 0 Å². The number of benzene rings is 1. The van der Waals surface area contributed by atoms with Crippen molar-refractivity contribution in [1.82, 2.24) is 19.5 Å². The predicted octanol–water partition coefficient (Wildman–Crippen LogP) is 7.29. The van der Waals surface area contributed by atoms with E-state index >= 15 is 0 Å². The maximum absolute atomic E-state index is 13.7. The lowest BCUT2D eigenvalue weighted by atomic mass is 10.1. The van der Waals surface area contributed by atoms with Crippen molar-refractivity contribution in [2.24, 2.45) is 0 Å².